The molecule has 0 spiro atoms. The molecule has 2 rings (SSSR count). The normalized spacial score (nSPS) is 18.6. The number of hydrogen-bond donors (Lipinski definition) is 2. The smallest absolute Gasteiger partial charge is 0.268 e. The SMILES string of the molecule is CC(=O)c1c(C)[nH]c(C(=O)NC[C@H]2CCCO2)c1C. The van der Waals surface area contributed by atoms with Gasteiger partial charge in [0.05, 0.1) is 6.10 Å². The van der Waals surface area contributed by atoms with Crippen molar-refractivity contribution in [1.29, 1.82) is 0 Å². The summed E-state index contributed by atoms with van der Waals surface area (Å²) >= 11 is 0. The second-order valence-corrected chi connectivity index (χ2v) is 5.03. The first-order valence-electron chi connectivity index (χ1n) is 6.60. The molecule has 0 radical (unpaired) electrons. The van der Waals surface area contributed by atoms with Gasteiger partial charge in [-0.25, -0.2) is 0 Å². The Balaban J connectivity index is 2.06. The van der Waals surface area contributed by atoms with Crippen molar-refractivity contribution in [3.8, 4) is 0 Å². The maximum atomic E-state index is 12.1. The van der Waals surface area contributed by atoms with Gasteiger partial charge in [0.2, 0.25) is 0 Å². The Bertz CT molecular complexity index is 499. The lowest BCUT2D eigenvalue weighted by Gasteiger charge is -2.10. The molecule has 1 aromatic rings. The van der Waals surface area contributed by atoms with Crippen LogP contribution < -0.4 is 5.32 Å². The number of H-pyrrole nitrogens is 1. The van der Waals surface area contributed by atoms with Crippen molar-refractivity contribution in [2.45, 2.75) is 39.7 Å². The Morgan fingerprint density at radius 3 is 2.68 bits per heavy atom. The Hall–Kier alpha value is -1.62. The number of ketones is 1. The molecule has 5 nitrogen and oxygen atoms in total. The molecule has 1 aliphatic rings. The van der Waals surface area contributed by atoms with Crippen molar-refractivity contribution >= 4 is 11.7 Å². The molecule has 0 unspecified atom stereocenters. The highest BCUT2D eigenvalue weighted by molar-refractivity contribution is 6.02. The van der Waals surface area contributed by atoms with Gasteiger partial charge in [-0.3, -0.25) is 9.59 Å². The predicted octanol–water partition coefficient (Wildman–Crippen LogP) is 1.74. The first kappa shape index (κ1) is 13.8. The number of carbonyl (C=O) groups is 2. The number of amides is 1. The fraction of sp³-hybridized carbons (Fsp3) is 0.571. The lowest BCUT2D eigenvalue weighted by molar-refractivity contribution is 0.0853. The molecule has 1 aliphatic heterocycles. The molecule has 2 heterocycles. The topological polar surface area (TPSA) is 71.2 Å². The van der Waals surface area contributed by atoms with E-state index in [0.717, 1.165) is 30.7 Å². The largest absolute Gasteiger partial charge is 0.376 e. The molecule has 1 amide bonds. The van der Waals surface area contributed by atoms with Crippen LogP contribution in [0, 0.1) is 13.8 Å². The van der Waals surface area contributed by atoms with Crippen LogP contribution in [0.15, 0.2) is 0 Å². The van der Waals surface area contributed by atoms with E-state index in [4.69, 9.17) is 4.74 Å². The third-order valence-corrected chi connectivity index (χ3v) is 3.53. The average Bonchev–Trinajstić information content (AvgIpc) is 2.94. The van der Waals surface area contributed by atoms with Gasteiger partial charge in [0, 0.05) is 24.4 Å². The van der Waals surface area contributed by atoms with Gasteiger partial charge in [0.15, 0.2) is 5.78 Å². The molecule has 19 heavy (non-hydrogen) atoms. The molecule has 1 atom stereocenters. The summed E-state index contributed by atoms with van der Waals surface area (Å²) in [6, 6.07) is 0. The zero-order valence-corrected chi connectivity index (χ0v) is 11.6. The summed E-state index contributed by atoms with van der Waals surface area (Å²) in [6.45, 7) is 6.40. The molecule has 1 saturated heterocycles. The number of Topliss-reactive ketones (excluding diaryl/α,β-unsaturated/α-hetero) is 1. The van der Waals surface area contributed by atoms with Crippen LogP contribution in [0.1, 0.15) is 51.9 Å². The molecule has 1 fully saturated rings. The van der Waals surface area contributed by atoms with E-state index in [9.17, 15) is 9.59 Å². The van der Waals surface area contributed by atoms with Gasteiger partial charge in [-0.1, -0.05) is 0 Å². The minimum atomic E-state index is -0.177. The Morgan fingerprint density at radius 2 is 2.16 bits per heavy atom. The number of carbonyl (C=O) groups excluding carboxylic acids is 2. The monoisotopic (exact) mass is 264 g/mol. The van der Waals surface area contributed by atoms with E-state index in [-0.39, 0.29) is 17.8 Å². The second kappa shape index (κ2) is 5.57. The lowest BCUT2D eigenvalue weighted by atomic mass is 10.1. The van der Waals surface area contributed by atoms with E-state index < -0.39 is 0 Å². The van der Waals surface area contributed by atoms with Crippen molar-refractivity contribution in [2.75, 3.05) is 13.2 Å². The minimum absolute atomic E-state index is 0.0237. The summed E-state index contributed by atoms with van der Waals surface area (Å²) in [6.07, 6.45) is 2.16. The van der Waals surface area contributed by atoms with E-state index >= 15 is 0 Å². The van der Waals surface area contributed by atoms with Crippen molar-refractivity contribution in [3.63, 3.8) is 0 Å². The van der Waals surface area contributed by atoms with E-state index in [0.29, 0.717) is 17.8 Å². The minimum Gasteiger partial charge on any atom is -0.376 e. The molecule has 0 bridgehead atoms. The van der Waals surface area contributed by atoms with Gasteiger partial charge < -0.3 is 15.0 Å². The number of aryl methyl sites for hydroxylation is 1. The summed E-state index contributed by atoms with van der Waals surface area (Å²) < 4.78 is 5.46. The Kier molecular flexibility index (Phi) is 4.04. The number of hydrogen-bond acceptors (Lipinski definition) is 3. The average molecular weight is 264 g/mol. The van der Waals surface area contributed by atoms with Gasteiger partial charge in [0.25, 0.3) is 5.91 Å². The molecule has 2 N–H and O–H groups in total. The van der Waals surface area contributed by atoms with Gasteiger partial charge in [-0.05, 0) is 39.2 Å². The molecule has 5 heteroatoms. The van der Waals surface area contributed by atoms with Crippen molar-refractivity contribution in [2.24, 2.45) is 0 Å². The predicted molar refractivity (Wildman–Crippen MR) is 71.6 cm³/mol. The summed E-state index contributed by atoms with van der Waals surface area (Å²) in [4.78, 5) is 26.6. The highest BCUT2D eigenvalue weighted by atomic mass is 16.5. The van der Waals surface area contributed by atoms with Crippen molar-refractivity contribution in [1.82, 2.24) is 10.3 Å². The first-order chi connectivity index (χ1) is 9.00. The van der Waals surface area contributed by atoms with E-state index in [1.54, 1.807) is 13.8 Å². The molecule has 0 aromatic carbocycles. The van der Waals surface area contributed by atoms with Crippen LogP contribution in [0.4, 0.5) is 0 Å². The van der Waals surface area contributed by atoms with Crippen molar-refractivity contribution < 1.29 is 14.3 Å². The van der Waals surface area contributed by atoms with Crippen LogP contribution in [-0.2, 0) is 4.74 Å². The summed E-state index contributed by atoms with van der Waals surface area (Å²) in [5.41, 5.74) is 2.55. The number of aromatic nitrogens is 1. The number of ether oxygens (including phenoxy) is 1. The fourth-order valence-corrected chi connectivity index (χ4v) is 2.61. The fourth-order valence-electron chi connectivity index (χ4n) is 2.61. The van der Waals surface area contributed by atoms with Gasteiger partial charge >= 0.3 is 0 Å². The van der Waals surface area contributed by atoms with Crippen LogP contribution in [-0.4, -0.2) is 35.9 Å². The van der Waals surface area contributed by atoms with Gasteiger partial charge in [-0.15, -0.1) is 0 Å². The molecule has 1 aromatic heterocycles. The zero-order valence-electron chi connectivity index (χ0n) is 11.6. The third-order valence-electron chi connectivity index (χ3n) is 3.53. The lowest BCUT2D eigenvalue weighted by Crippen LogP contribution is -2.32. The van der Waals surface area contributed by atoms with E-state index in [1.165, 1.54) is 6.92 Å². The van der Waals surface area contributed by atoms with E-state index in [1.807, 2.05) is 0 Å². The third kappa shape index (κ3) is 2.87. The molecular weight excluding hydrogens is 244 g/mol. The second-order valence-electron chi connectivity index (χ2n) is 5.03. The highest BCUT2D eigenvalue weighted by Gasteiger charge is 2.21. The van der Waals surface area contributed by atoms with Gasteiger partial charge in [0.1, 0.15) is 5.69 Å². The summed E-state index contributed by atoms with van der Waals surface area (Å²) in [7, 11) is 0. The highest BCUT2D eigenvalue weighted by Crippen LogP contribution is 2.18. The molecular formula is C14H20N2O3. The molecule has 104 valence electrons. The standard InChI is InChI=1S/C14H20N2O3/c1-8-12(10(3)17)9(2)16-13(8)14(18)15-7-11-5-4-6-19-11/h11,16H,4-7H2,1-3H3,(H,15,18)/t11-/m1/s1. The van der Waals surface area contributed by atoms with E-state index in [2.05, 4.69) is 10.3 Å². The van der Waals surface area contributed by atoms with Crippen LogP contribution in [0.5, 0.6) is 0 Å². The quantitative estimate of drug-likeness (QED) is 0.814. The van der Waals surface area contributed by atoms with Crippen LogP contribution in [0.25, 0.3) is 0 Å². The summed E-state index contributed by atoms with van der Waals surface area (Å²) in [5, 5.41) is 2.85. The first-order valence-corrected chi connectivity index (χ1v) is 6.60. The molecule has 0 saturated carbocycles. The van der Waals surface area contributed by atoms with Gasteiger partial charge in [-0.2, -0.15) is 0 Å². The maximum Gasteiger partial charge on any atom is 0.268 e. The van der Waals surface area contributed by atoms with Crippen molar-refractivity contribution in [3.05, 3.63) is 22.5 Å². The Labute approximate surface area is 112 Å². The summed E-state index contributed by atoms with van der Waals surface area (Å²) in [5.74, 6) is -0.201. The number of nitrogens with one attached hydrogen (secondary N) is 2. The van der Waals surface area contributed by atoms with Crippen LogP contribution in [0.2, 0.25) is 0 Å². The molecule has 0 aliphatic carbocycles. The number of rotatable bonds is 4. The maximum absolute atomic E-state index is 12.1. The van der Waals surface area contributed by atoms with Crippen LogP contribution in [0.3, 0.4) is 0 Å². The number of aromatic amines is 1. The van der Waals surface area contributed by atoms with Crippen LogP contribution >= 0.6 is 0 Å². The Morgan fingerprint density at radius 1 is 1.42 bits per heavy atom. The zero-order chi connectivity index (χ0) is 14.0.